The Labute approximate surface area is 358 Å². The molecule has 0 aliphatic carbocycles. The standard InChI is InChI=1S/C56H38N2S2/c1-5-13-39(14-6-1)45-29-46(40-15-7-2-8-16-40)32-49(31-45)43-21-25-51(26-22-43)57-37-53-35-55-56(59-53)36-54(60-55)38-58-52-27-23-44(24-28-52)50-33-47(41-17-9-3-10-18-41)30-48(34-50)42-19-11-4-12-20-42/h1-38H. The third-order valence-corrected chi connectivity index (χ3v) is 12.8. The molecule has 4 heteroatoms. The highest BCUT2D eigenvalue weighted by atomic mass is 32.1. The molecule has 0 radical (unpaired) electrons. The van der Waals surface area contributed by atoms with Crippen LogP contribution in [0.3, 0.4) is 0 Å². The molecule has 60 heavy (non-hydrogen) atoms. The molecule has 2 aromatic heterocycles. The smallest absolute Gasteiger partial charge is 0.0630 e. The number of nitrogens with zero attached hydrogens (tertiary/aromatic N) is 2. The molecule has 0 fully saturated rings. The van der Waals surface area contributed by atoms with Gasteiger partial charge in [0.2, 0.25) is 0 Å². The summed E-state index contributed by atoms with van der Waals surface area (Å²) < 4.78 is 2.49. The topological polar surface area (TPSA) is 24.7 Å². The summed E-state index contributed by atoms with van der Waals surface area (Å²) in [5.74, 6) is 0. The van der Waals surface area contributed by atoms with Crippen LogP contribution in [-0.2, 0) is 0 Å². The first-order valence-corrected chi connectivity index (χ1v) is 21.6. The zero-order valence-electron chi connectivity index (χ0n) is 32.7. The monoisotopic (exact) mass is 802 g/mol. The summed E-state index contributed by atoms with van der Waals surface area (Å²) in [5, 5.41) is 0. The molecule has 2 heterocycles. The van der Waals surface area contributed by atoms with Gasteiger partial charge in [0.1, 0.15) is 0 Å². The van der Waals surface area contributed by atoms with E-state index >= 15 is 0 Å². The van der Waals surface area contributed by atoms with Crippen LogP contribution in [0.25, 0.3) is 76.2 Å². The average molecular weight is 803 g/mol. The van der Waals surface area contributed by atoms with Crippen molar-refractivity contribution in [3.8, 4) is 66.8 Å². The molecule has 0 unspecified atom stereocenters. The Bertz CT molecular complexity index is 2730. The maximum Gasteiger partial charge on any atom is 0.0630 e. The van der Waals surface area contributed by atoms with Gasteiger partial charge in [-0.05, 0) is 140 Å². The van der Waals surface area contributed by atoms with Crippen LogP contribution >= 0.6 is 22.7 Å². The van der Waals surface area contributed by atoms with Crippen LogP contribution in [0, 0.1) is 0 Å². The minimum absolute atomic E-state index is 0.928. The van der Waals surface area contributed by atoms with Crippen molar-refractivity contribution >= 4 is 55.9 Å². The average Bonchev–Trinajstić information content (AvgIpc) is 3.90. The van der Waals surface area contributed by atoms with Crippen LogP contribution in [0.4, 0.5) is 11.4 Å². The number of thiophene rings is 2. The summed E-state index contributed by atoms with van der Waals surface area (Å²) in [6.07, 6.45) is 3.95. The van der Waals surface area contributed by atoms with Crippen LogP contribution < -0.4 is 0 Å². The molecule has 0 bridgehead atoms. The Morgan fingerprint density at radius 2 is 0.500 bits per heavy atom. The zero-order chi connectivity index (χ0) is 40.1. The van der Waals surface area contributed by atoms with Gasteiger partial charge < -0.3 is 0 Å². The Kier molecular flexibility index (Phi) is 10.5. The van der Waals surface area contributed by atoms with E-state index in [2.05, 4.69) is 218 Å². The summed E-state index contributed by atoms with van der Waals surface area (Å²) >= 11 is 3.51. The summed E-state index contributed by atoms with van der Waals surface area (Å²) in [5.41, 5.74) is 16.2. The van der Waals surface area contributed by atoms with Crippen molar-refractivity contribution in [3.05, 3.63) is 228 Å². The van der Waals surface area contributed by atoms with E-state index in [9.17, 15) is 0 Å². The van der Waals surface area contributed by atoms with Gasteiger partial charge in [-0.25, -0.2) is 0 Å². The summed E-state index contributed by atoms with van der Waals surface area (Å²) in [6.45, 7) is 0. The molecule has 284 valence electrons. The molecule has 0 spiro atoms. The van der Waals surface area contributed by atoms with Crippen molar-refractivity contribution in [1.82, 2.24) is 0 Å². The molecule has 0 saturated carbocycles. The van der Waals surface area contributed by atoms with E-state index in [0.717, 1.165) is 32.3 Å². The lowest BCUT2D eigenvalue weighted by molar-refractivity contribution is 1.52. The summed E-state index contributed by atoms with van der Waals surface area (Å²) in [7, 11) is 0. The van der Waals surface area contributed by atoms with Gasteiger partial charge in [-0.1, -0.05) is 146 Å². The first kappa shape index (κ1) is 37.1. The molecule has 0 aliphatic rings. The van der Waals surface area contributed by atoms with Crippen molar-refractivity contribution in [3.63, 3.8) is 0 Å². The summed E-state index contributed by atoms with van der Waals surface area (Å²) in [6, 6.07) is 77.6. The lowest BCUT2D eigenvalue weighted by Gasteiger charge is -2.11. The SMILES string of the molecule is C(=Nc1ccc(-c2cc(-c3ccccc3)cc(-c3ccccc3)c2)cc1)c1cc2sc(C=Nc3ccc(-c4cc(-c5ccccc5)cc(-c5ccccc5)c4)cc3)cc2s1. The van der Waals surface area contributed by atoms with Gasteiger partial charge >= 0.3 is 0 Å². The maximum absolute atomic E-state index is 4.85. The van der Waals surface area contributed by atoms with Crippen molar-refractivity contribution in [2.45, 2.75) is 0 Å². The van der Waals surface area contributed by atoms with Gasteiger partial charge in [0.25, 0.3) is 0 Å². The largest absolute Gasteiger partial charge is 0.255 e. The van der Waals surface area contributed by atoms with Crippen molar-refractivity contribution in [2.75, 3.05) is 0 Å². The van der Waals surface area contributed by atoms with Crippen molar-refractivity contribution in [1.29, 1.82) is 0 Å². The summed E-state index contributed by atoms with van der Waals surface area (Å²) in [4.78, 5) is 12.0. The number of aliphatic imine (C=N–C) groups is 2. The van der Waals surface area contributed by atoms with Crippen molar-refractivity contribution in [2.24, 2.45) is 9.98 Å². The fraction of sp³-hybridized carbons (Fsp3) is 0. The first-order valence-electron chi connectivity index (χ1n) is 20.0. The number of hydrogen-bond acceptors (Lipinski definition) is 4. The third kappa shape index (κ3) is 8.34. The number of benzene rings is 8. The Hall–Kier alpha value is -7.24. The van der Waals surface area contributed by atoms with Crippen LogP contribution in [0.15, 0.2) is 228 Å². The van der Waals surface area contributed by atoms with Crippen LogP contribution in [-0.4, -0.2) is 12.4 Å². The molecule has 0 atom stereocenters. The number of rotatable bonds is 10. The fourth-order valence-corrected chi connectivity index (χ4v) is 9.70. The van der Waals surface area contributed by atoms with Gasteiger partial charge in [0.05, 0.1) is 11.4 Å². The predicted molar refractivity (Wildman–Crippen MR) is 260 cm³/mol. The van der Waals surface area contributed by atoms with E-state index in [1.54, 1.807) is 22.7 Å². The van der Waals surface area contributed by atoms with Crippen LogP contribution in [0.5, 0.6) is 0 Å². The quantitative estimate of drug-likeness (QED) is 0.123. The maximum atomic E-state index is 4.85. The molecule has 0 N–H and O–H groups in total. The Morgan fingerprint density at radius 1 is 0.250 bits per heavy atom. The van der Waals surface area contributed by atoms with Crippen LogP contribution in [0.2, 0.25) is 0 Å². The molecule has 8 aromatic carbocycles. The lowest BCUT2D eigenvalue weighted by atomic mass is 9.93. The number of hydrogen-bond donors (Lipinski definition) is 0. The highest BCUT2D eigenvalue weighted by molar-refractivity contribution is 7.29. The van der Waals surface area contributed by atoms with Crippen LogP contribution in [0.1, 0.15) is 9.75 Å². The van der Waals surface area contributed by atoms with Crippen molar-refractivity contribution < 1.29 is 0 Å². The fourth-order valence-electron chi connectivity index (χ4n) is 7.53. The van der Waals surface area contributed by atoms with E-state index in [-0.39, 0.29) is 0 Å². The molecule has 2 nitrogen and oxygen atoms in total. The lowest BCUT2D eigenvalue weighted by Crippen LogP contribution is -1.86. The van der Waals surface area contributed by atoms with E-state index < -0.39 is 0 Å². The van der Waals surface area contributed by atoms with E-state index in [4.69, 9.17) is 9.98 Å². The second-order valence-electron chi connectivity index (χ2n) is 14.7. The second-order valence-corrected chi connectivity index (χ2v) is 16.9. The molecule has 10 aromatic rings. The minimum Gasteiger partial charge on any atom is -0.255 e. The predicted octanol–water partition coefficient (Wildman–Crippen LogP) is 16.5. The minimum atomic E-state index is 0.928. The Balaban J connectivity index is 0.828. The van der Waals surface area contributed by atoms with E-state index in [1.807, 2.05) is 12.4 Å². The number of fused-ring (bicyclic) bond motifs is 1. The van der Waals surface area contributed by atoms with Gasteiger partial charge in [-0.15, -0.1) is 22.7 Å². The molecular formula is C56H38N2S2. The first-order chi connectivity index (χ1) is 29.7. The van der Waals surface area contributed by atoms with Gasteiger partial charge in [-0.3, -0.25) is 9.98 Å². The van der Waals surface area contributed by atoms with Gasteiger partial charge in [0, 0.05) is 31.6 Å². The van der Waals surface area contributed by atoms with Gasteiger partial charge in [-0.2, -0.15) is 0 Å². The van der Waals surface area contributed by atoms with Gasteiger partial charge in [0.15, 0.2) is 0 Å². The van der Waals surface area contributed by atoms with E-state index in [0.29, 0.717) is 0 Å². The highest BCUT2D eigenvalue weighted by Gasteiger charge is 2.10. The Morgan fingerprint density at radius 3 is 0.767 bits per heavy atom. The third-order valence-electron chi connectivity index (χ3n) is 10.6. The highest BCUT2D eigenvalue weighted by Crippen LogP contribution is 2.36. The molecular weight excluding hydrogens is 765 g/mol. The molecule has 0 saturated heterocycles. The second kappa shape index (κ2) is 16.9. The van der Waals surface area contributed by atoms with E-state index in [1.165, 1.54) is 65.0 Å². The molecule has 10 rings (SSSR count). The zero-order valence-corrected chi connectivity index (χ0v) is 34.3. The molecule has 0 aliphatic heterocycles. The molecule has 0 amide bonds. The normalized spacial score (nSPS) is 11.5.